The van der Waals surface area contributed by atoms with Gasteiger partial charge in [-0.1, -0.05) is 35.3 Å². The molecule has 0 aliphatic carbocycles. The third kappa shape index (κ3) is 4.76. The smallest absolute Gasteiger partial charge is 0.275 e. The molecule has 2 aromatic carbocycles. The summed E-state index contributed by atoms with van der Waals surface area (Å²) >= 11 is 11.8. The quantitative estimate of drug-likeness (QED) is 0.706. The minimum atomic E-state index is -0.503. The summed E-state index contributed by atoms with van der Waals surface area (Å²) in [5.74, 6) is -0.503. The second-order valence-electron chi connectivity index (χ2n) is 6.02. The first-order valence-corrected chi connectivity index (χ1v) is 9.09. The number of halogens is 2. The van der Waals surface area contributed by atoms with Crippen molar-refractivity contribution in [3.05, 3.63) is 91.8 Å². The highest BCUT2D eigenvalue weighted by molar-refractivity contribution is 6.30. The molecule has 0 unspecified atom stereocenters. The molecule has 3 aromatic rings. The summed E-state index contributed by atoms with van der Waals surface area (Å²) in [5.41, 5.74) is 1.82. The molecule has 27 heavy (non-hydrogen) atoms. The second kappa shape index (κ2) is 8.37. The molecule has 0 bridgehead atoms. The topological polar surface area (TPSA) is 64.0 Å². The zero-order chi connectivity index (χ0) is 19.4. The first kappa shape index (κ1) is 19.1. The van der Waals surface area contributed by atoms with Crippen LogP contribution in [0.15, 0.2) is 59.4 Å². The highest BCUT2D eigenvalue weighted by Gasteiger charge is 2.15. The SMILES string of the molecule is Cc1cc(=O)c(C(=O)NCCc2ccc(Cl)cc2)nn1-c1ccc(Cl)cc1. The molecule has 5 nitrogen and oxygen atoms in total. The lowest BCUT2D eigenvalue weighted by Gasteiger charge is -2.11. The average Bonchev–Trinajstić information content (AvgIpc) is 2.64. The van der Waals surface area contributed by atoms with Crippen LogP contribution in [0.4, 0.5) is 0 Å². The molecule has 1 aromatic heterocycles. The molecule has 1 heterocycles. The monoisotopic (exact) mass is 401 g/mol. The Labute approximate surface area is 166 Å². The summed E-state index contributed by atoms with van der Waals surface area (Å²) in [7, 11) is 0. The van der Waals surface area contributed by atoms with E-state index in [2.05, 4.69) is 10.4 Å². The van der Waals surface area contributed by atoms with E-state index in [-0.39, 0.29) is 5.69 Å². The Balaban J connectivity index is 1.76. The van der Waals surface area contributed by atoms with E-state index in [4.69, 9.17) is 23.2 Å². The Kier molecular flexibility index (Phi) is 5.94. The van der Waals surface area contributed by atoms with Gasteiger partial charge in [0, 0.05) is 28.4 Å². The van der Waals surface area contributed by atoms with Crippen molar-refractivity contribution in [2.24, 2.45) is 0 Å². The van der Waals surface area contributed by atoms with Gasteiger partial charge in [-0.05, 0) is 55.3 Å². The van der Waals surface area contributed by atoms with Gasteiger partial charge in [0.05, 0.1) is 5.69 Å². The number of aromatic nitrogens is 2. The van der Waals surface area contributed by atoms with Crippen molar-refractivity contribution in [3.63, 3.8) is 0 Å². The Bertz CT molecular complexity index is 1010. The first-order valence-electron chi connectivity index (χ1n) is 8.33. The van der Waals surface area contributed by atoms with Crippen LogP contribution in [0.5, 0.6) is 0 Å². The largest absolute Gasteiger partial charge is 0.350 e. The van der Waals surface area contributed by atoms with Crippen molar-refractivity contribution < 1.29 is 4.79 Å². The molecule has 0 radical (unpaired) electrons. The highest BCUT2D eigenvalue weighted by Crippen LogP contribution is 2.14. The Morgan fingerprint density at radius 2 is 1.63 bits per heavy atom. The Morgan fingerprint density at radius 1 is 1.04 bits per heavy atom. The van der Waals surface area contributed by atoms with E-state index < -0.39 is 11.3 Å². The molecule has 0 fully saturated rings. The van der Waals surface area contributed by atoms with Gasteiger partial charge in [-0.25, -0.2) is 4.68 Å². The fourth-order valence-electron chi connectivity index (χ4n) is 2.60. The summed E-state index contributed by atoms with van der Waals surface area (Å²) in [5, 5.41) is 8.24. The van der Waals surface area contributed by atoms with Crippen molar-refractivity contribution in [1.29, 1.82) is 0 Å². The van der Waals surface area contributed by atoms with E-state index in [1.807, 2.05) is 12.1 Å². The molecule has 3 rings (SSSR count). The maximum Gasteiger partial charge on any atom is 0.275 e. The van der Waals surface area contributed by atoms with Crippen molar-refractivity contribution >= 4 is 29.1 Å². The predicted molar refractivity (Wildman–Crippen MR) is 107 cm³/mol. The highest BCUT2D eigenvalue weighted by atomic mass is 35.5. The fraction of sp³-hybridized carbons (Fsp3) is 0.150. The molecule has 0 saturated heterocycles. The lowest BCUT2D eigenvalue weighted by molar-refractivity contribution is 0.0946. The number of carbonyl (C=O) groups excluding carboxylic acids is 1. The number of amides is 1. The van der Waals surface area contributed by atoms with Crippen LogP contribution < -0.4 is 10.7 Å². The second-order valence-corrected chi connectivity index (χ2v) is 6.89. The van der Waals surface area contributed by atoms with Crippen LogP contribution in [-0.2, 0) is 6.42 Å². The normalized spacial score (nSPS) is 10.6. The van der Waals surface area contributed by atoms with E-state index >= 15 is 0 Å². The molecular formula is C20H17Cl2N3O2. The summed E-state index contributed by atoms with van der Waals surface area (Å²) < 4.78 is 1.55. The van der Waals surface area contributed by atoms with Crippen LogP contribution in [0, 0.1) is 6.92 Å². The number of benzene rings is 2. The first-order chi connectivity index (χ1) is 12.9. The van der Waals surface area contributed by atoms with Crippen molar-refractivity contribution in [2.75, 3.05) is 6.54 Å². The number of hydrogen-bond donors (Lipinski definition) is 1. The molecular weight excluding hydrogens is 385 g/mol. The van der Waals surface area contributed by atoms with Gasteiger partial charge in [0.15, 0.2) is 5.69 Å². The summed E-state index contributed by atoms with van der Waals surface area (Å²) in [4.78, 5) is 24.6. The Morgan fingerprint density at radius 3 is 2.26 bits per heavy atom. The molecule has 1 N–H and O–H groups in total. The summed E-state index contributed by atoms with van der Waals surface area (Å²) in [6.45, 7) is 2.14. The number of hydrogen-bond acceptors (Lipinski definition) is 3. The van der Waals surface area contributed by atoms with Gasteiger partial charge in [0.25, 0.3) is 5.91 Å². The van der Waals surface area contributed by atoms with Crippen LogP contribution in [0.3, 0.4) is 0 Å². The number of nitrogens with zero attached hydrogens (tertiary/aromatic N) is 2. The molecule has 1 amide bonds. The van der Waals surface area contributed by atoms with E-state index in [0.717, 1.165) is 5.56 Å². The van der Waals surface area contributed by atoms with Gasteiger partial charge >= 0.3 is 0 Å². The number of rotatable bonds is 5. The molecule has 0 aliphatic rings. The predicted octanol–water partition coefficient (Wildman–Crippen LogP) is 3.82. The van der Waals surface area contributed by atoms with Crippen molar-refractivity contribution in [2.45, 2.75) is 13.3 Å². The van der Waals surface area contributed by atoms with Gasteiger partial charge in [-0.15, -0.1) is 0 Å². The van der Waals surface area contributed by atoms with Gasteiger partial charge in [0.1, 0.15) is 0 Å². The third-order valence-electron chi connectivity index (χ3n) is 4.01. The van der Waals surface area contributed by atoms with E-state index in [0.29, 0.717) is 34.4 Å². The number of nitrogens with one attached hydrogen (secondary N) is 1. The van der Waals surface area contributed by atoms with Gasteiger partial charge in [-0.2, -0.15) is 5.10 Å². The molecule has 7 heteroatoms. The van der Waals surface area contributed by atoms with Gasteiger partial charge in [0.2, 0.25) is 5.43 Å². The minimum Gasteiger partial charge on any atom is -0.350 e. The maximum absolute atomic E-state index is 12.4. The van der Waals surface area contributed by atoms with E-state index in [1.165, 1.54) is 6.07 Å². The zero-order valence-electron chi connectivity index (χ0n) is 14.6. The lowest BCUT2D eigenvalue weighted by Crippen LogP contribution is -2.33. The number of carbonyl (C=O) groups is 1. The molecule has 138 valence electrons. The molecule has 0 spiro atoms. The lowest BCUT2D eigenvalue weighted by atomic mass is 10.1. The number of aryl methyl sites for hydroxylation is 1. The molecule has 0 aliphatic heterocycles. The van der Waals surface area contributed by atoms with E-state index in [1.54, 1.807) is 48.0 Å². The maximum atomic E-state index is 12.4. The van der Waals surface area contributed by atoms with Crippen LogP contribution >= 0.6 is 23.2 Å². The molecule has 0 atom stereocenters. The molecule has 0 saturated carbocycles. The fourth-order valence-corrected chi connectivity index (χ4v) is 2.86. The van der Waals surface area contributed by atoms with Crippen molar-refractivity contribution in [1.82, 2.24) is 15.1 Å². The zero-order valence-corrected chi connectivity index (χ0v) is 16.1. The van der Waals surface area contributed by atoms with Crippen LogP contribution in [-0.4, -0.2) is 22.2 Å². The third-order valence-corrected chi connectivity index (χ3v) is 4.51. The van der Waals surface area contributed by atoms with Crippen LogP contribution in [0.1, 0.15) is 21.7 Å². The van der Waals surface area contributed by atoms with Crippen LogP contribution in [0.25, 0.3) is 5.69 Å². The van der Waals surface area contributed by atoms with Crippen LogP contribution in [0.2, 0.25) is 10.0 Å². The van der Waals surface area contributed by atoms with Gasteiger partial charge in [-0.3, -0.25) is 9.59 Å². The Hall–Kier alpha value is -2.63. The minimum absolute atomic E-state index is 0.147. The summed E-state index contributed by atoms with van der Waals surface area (Å²) in [6, 6.07) is 15.8. The van der Waals surface area contributed by atoms with Crippen molar-refractivity contribution in [3.8, 4) is 5.69 Å². The summed E-state index contributed by atoms with van der Waals surface area (Å²) in [6.07, 6.45) is 0.625. The average molecular weight is 402 g/mol. The van der Waals surface area contributed by atoms with E-state index in [9.17, 15) is 9.59 Å². The van der Waals surface area contributed by atoms with Gasteiger partial charge < -0.3 is 5.32 Å². The standard InChI is InChI=1S/C20H17Cl2N3O2/c1-13-12-18(26)19(24-25(13)17-8-6-16(22)7-9-17)20(27)23-11-10-14-2-4-15(21)5-3-14/h2-9,12H,10-11H2,1H3,(H,23,27).